The molecule has 2 rings (SSSR count). The van der Waals surface area contributed by atoms with Crippen molar-refractivity contribution >= 4 is 24.9 Å². The molecule has 33 heavy (non-hydrogen) atoms. The number of rotatable bonds is 8. The summed E-state index contributed by atoms with van der Waals surface area (Å²) in [5.74, 6) is 0.336. The first-order valence-electron chi connectivity index (χ1n) is 11.4. The van der Waals surface area contributed by atoms with Crippen LogP contribution in [-0.4, -0.2) is 72.0 Å². The largest absolute Gasteiger partial charge is 0.484 e. The van der Waals surface area contributed by atoms with Crippen LogP contribution in [0.5, 0.6) is 5.75 Å². The molecule has 0 bridgehead atoms. The normalized spacial score (nSPS) is 15.7. The molecular weight excluding hydrogens is 423 g/mol. The fourth-order valence-electron chi connectivity index (χ4n) is 2.99. The molecule has 0 spiro atoms. The summed E-state index contributed by atoms with van der Waals surface area (Å²) in [4.78, 5) is 26.2. The highest BCUT2D eigenvalue weighted by molar-refractivity contribution is 6.47. The van der Waals surface area contributed by atoms with Gasteiger partial charge in [-0.3, -0.25) is 4.79 Å². The number of likely N-dealkylation sites (tertiary alicyclic amines) is 1. The minimum Gasteiger partial charge on any atom is -0.484 e. The van der Waals surface area contributed by atoms with E-state index in [4.69, 9.17) is 14.1 Å². The Bertz CT molecular complexity index is 808. The number of benzene rings is 1. The number of amides is 2. The predicted octanol–water partition coefficient (Wildman–Crippen LogP) is 2.39. The second-order valence-corrected chi connectivity index (χ2v) is 10.5. The third kappa shape index (κ3) is 8.89. The standard InChI is InChI=1S/C24H38BN2O6/c1-22(2,3)32-21(29)27-13-11-18(12-14-27)26-20(28)16-31-19-10-8-9-17(15-19)25-33-24(6,7)23(4,5)30/h8-10,15,18,30H,11-14,16H2,1-7H3,(H,26,28). The molecule has 9 heteroatoms. The highest BCUT2D eigenvalue weighted by Gasteiger charge is 2.35. The van der Waals surface area contributed by atoms with Gasteiger partial charge in [-0.05, 0) is 78.9 Å². The zero-order valence-electron chi connectivity index (χ0n) is 20.9. The maximum absolute atomic E-state index is 12.3. The fraction of sp³-hybridized carbons (Fsp3) is 0.667. The monoisotopic (exact) mass is 461 g/mol. The van der Waals surface area contributed by atoms with Crippen molar-refractivity contribution in [3.05, 3.63) is 24.3 Å². The van der Waals surface area contributed by atoms with Crippen molar-refractivity contribution in [2.45, 2.75) is 84.2 Å². The topological polar surface area (TPSA) is 97.3 Å². The average Bonchev–Trinajstić information content (AvgIpc) is 2.69. The first kappa shape index (κ1) is 27.0. The van der Waals surface area contributed by atoms with Gasteiger partial charge in [-0.15, -0.1) is 0 Å². The third-order valence-corrected chi connectivity index (χ3v) is 5.70. The van der Waals surface area contributed by atoms with E-state index in [1.165, 1.54) is 0 Å². The number of piperidine rings is 1. The number of ether oxygens (including phenoxy) is 2. The Kier molecular flexibility index (Phi) is 8.82. The summed E-state index contributed by atoms with van der Waals surface area (Å²) in [5, 5.41) is 13.2. The summed E-state index contributed by atoms with van der Waals surface area (Å²) in [6, 6.07) is 7.20. The van der Waals surface area contributed by atoms with Gasteiger partial charge < -0.3 is 29.5 Å². The molecule has 183 valence electrons. The van der Waals surface area contributed by atoms with Crippen molar-refractivity contribution in [1.82, 2.24) is 10.2 Å². The van der Waals surface area contributed by atoms with Gasteiger partial charge in [0.25, 0.3) is 5.91 Å². The van der Waals surface area contributed by atoms with E-state index in [1.807, 2.05) is 46.8 Å². The van der Waals surface area contributed by atoms with E-state index in [0.717, 1.165) is 5.46 Å². The molecule has 0 aromatic heterocycles. The van der Waals surface area contributed by atoms with Gasteiger partial charge in [-0.25, -0.2) is 4.79 Å². The molecule has 0 aliphatic carbocycles. The summed E-state index contributed by atoms with van der Waals surface area (Å²) in [6.45, 7) is 13.5. The molecule has 1 aromatic rings. The summed E-state index contributed by atoms with van der Waals surface area (Å²) in [7, 11) is 1.57. The molecule has 1 radical (unpaired) electrons. The van der Waals surface area contributed by atoms with Crippen LogP contribution in [0.25, 0.3) is 0 Å². The lowest BCUT2D eigenvalue weighted by Crippen LogP contribution is -2.49. The minimum absolute atomic E-state index is 0.00285. The van der Waals surface area contributed by atoms with E-state index in [9.17, 15) is 14.7 Å². The lowest BCUT2D eigenvalue weighted by Gasteiger charge is -2.37. The molecule has 1 fully saturated rings. The lowest BCUT2D eigenvalue weighted by atomic mass is 9.82. The summed E-state index contributed by atoms with van der Waals surface area (Å²) < 4.78 is 16.8. The Morgan fingerprint density at radius 2 is 1.76 bits per heavy atom. The SMILES string of the molecule is CC(C)(C)OC(=O)N1CCC(NC(=O)COc2cccc([B]OC(C)(C)C(C)(C)O)c2)CC1. The van der Waals surface area contributed by atoms with Gasteiger partial charge >= 0.3 is 13.6 Å². The van der Waals surface area contributed by atoms with Crippen LogP contribution in [0.15, 0.2) is 24.3 Å². The zero-order valence-corrected chi connectivity index (χ0v) is 20.9. The van der Waals surface area contributed by atoms with E-state index in [2.05, 4.69) is 5.32 Å². The quantitative estimate of drug-likeness (QED) is 0.577. The van der Waals surface area contributed by atoms with Crippen LogP contribution in [0.1, 0.15) is 61.3 Å². The number of carbonyl (C=O) groups excluding carboxylic acids is 2. The van der Waals surface area contributed by atoms with Crippen molar-refractivity contribution in [3.8, 4) is 5.75 Å². The van der Waals surface area contributed by atoms with Gasteiger partial charge in [-0.2, -0.15) is 0 Å². The van der Waals surface area contributed by atoms with Gasteiger partial charge in [0.2, 0.25) is 0 Å². The highest BCUT2D eigenvalue weighted by Crippen LogP contribution is 2.24. The van der Waals surface area contributed by atoms with Gasteiger partial charge in [0.1, 0.15) is 11.4 Å². The first-order valence-corrected chi connectivity index (χ1v) is 11.4. The number of nitrogens with one attached hydrogen (secondary N) is 1. The molecule has 2 N–H and O–H groups in total. The second kappa shape index (κ2) is 10.8. The van der Waals surface area contributed by atoms with Gasteiger partial charge in [0, 0.05) is 19.1 Å². The second-order valence-electron chi connectivity index (χ2n) is 10.5. The number of aliphatic hydroxyl groups is 1. The molecule has 1 aromatic carbocycles. The molecule has 1 aliphatic rings. The van der Waals surface area contributed by atoms with Crippen LogP contribution in [0.2, 0.25) is 0 Å². The number of carbonyl (C=O) groups is 2. The molecule has 1 saturated heterocycles. The van der Waals surface area contributed by atoms with Crippen LogP contribution >= 0.6 is 0 Å². The molecule has 0 unspecified atom stereocenters. The Labute approximate surface area is 198 Å². The van der Waals surface area contributed by atoms with E-state index in [-0.39, 0.29) is 24.6 Å². The van der Waals surface area contributed by atoms with E-state index in [0.29, 0.717) is 31.7 Å². The van der Waals surface area contributed by atoms with Gasteiger partial charge in [0.15, 0.2) is 6.61 Å². The average molecular weight is 461 g/mol. The van der Waals surface area contributed by atoms with Crippen molar-refractivity contribution in [3.63, 3.8) is 0 Å². The number of nitrogens with zero attached hydrogens (tertiary/aromatic N) is 1. The smallest absolute Gasteiger partial charge is 0.410 e. The van der Waals surface area contributed by atoms with E-state index < -0.39 is 16.8 Å². The van der Waals surface area contributed by atoms with Crippen LogP contribution in [0, 0.1) is 0 Å². The molecule has 0 saturated carbocycles. The highest BCUT2D eigenvalue weighted by atomic mass is 16.6. The predicted molar refractivity (Wildman–Crippen MR) is 128 cm³/mol. The molecule has 2 amide bonds. The Hall–Kier alpha value is -2.26. The summed E-state index contributed by atoms with van der Waals surface area (Å²) >= 11 is 0. The van der Waals surface area contributed by atoms with Crippen LogP contribution in [0.3, 0.4) is 0 Å². The Morgan fingerprint density at radius 1 is 1.12 bits per heavy atom. The van der Waals surface area contributed by atoms with Crippen LogP contribution in [-0.2, 0) is 14.2 Å². The Balaban J connectivity index is 1.76. The van der Waals surface area contributed by atoms with Crippen molar-refractivity contribution in [2.75, 3.05) is 19.7 Å². The summed E-state index contributed by atoms with van der Waals surface area (Å²) in [6.07, 6.45) is 1.02. The molecule has 8 nitrogen and oxygen atoms in total. The maximum Gasteiger partial charge on any atom is 0.410 e. The van der Waals surface area contributed by atoms with Gasteiger partial charge in [-0.1, -0.05) is 12.1 Å². The van der Waals surface area contributed by atoms with Crippen molar-refractivity contribution in [2.24, 2.45) is 0 Å². The maximum atomic E-state index is 12.3. The van der Waals surface area contributed by atoms with E-state index in [1.54, 1.807) is 38.4 Å². The fourth-order valence-corrected chi connectivity index (χ4v) is 2.99. The van der Waals surface area contributed by atoms with Crippen molar-refractivity contribution in [1.29, 1.82) is 0 Å². The molecule has 0 atom stereocenters. The zero-order chi connectivity index (χ0) is 24.9. The van der Waals surface area contributed by atoms with E-state index >= 15 is 0 Å². The molecular formula is C24H38BN2O6. The first-order chi connectivity index (χ1) is 15.2. The van der Waals surface area contributed by atoms with Crippen molar-refractivity contribution < 1.29 is 28.8 Å². The third-order valence-electron chi connectivity index (χ3n) is 5.70. The number of hydrogen-bond donors (Lipinski definition) is 2. The molecule has 1 heterocycles. The Morgan fingerprint density at radius 3 is 2.33 bits per heavy atom. The lowest BCUT2D eigenvalue weighted by molar-refractivity contribution is -0.124. The summed E-state index contributed by atoms with van der Waals surface area (Å²) in [5.41, 5.74) is -1.55. The molecule has 1 aliphatic heterocycles. The van der Waals surface area contributed by atoms with Crippen LogP contribution < -0.4 is 15.5 Å². The van der Waals surface area contributed by atoms with Crippen LogP contribution in [0.4, 0.5) is 4.79 Å². The minimum atomic E-state index is -1.02. The number of hydrogen-bond acceptors (Lipinski definition) is 6. The van der Waals surface area contributed by atoms with Gasteiger partial charge in [0.05, 0.1) is 11.2 Å².